The van der Waals surface area contributed by atoms with E-state index in [1.807, 2.05) is 56.4 Å². The number of H-pyrrole nitrogens is 1. The Balaban J connectivity index is 0.000000753. The lowest BCUT2D eigenvalue weighted by atomic mass is 10.1. The largest absolute Gasteiger partial charge is 0.339 e. The molecule has 0 radical (unpaired) electrons. The molecule has 0 atom stereocenters. The Labute approximate surface area is 136 Å². The highest BCUT2D eigenvalue weighted by atomic mass is 14.9. The molecule has 0 unspecified atom stereocenters. The molecule has 3 aromatic heterocycles. The molecule has 3 nitrogen and oxygen atoms in total. The van der Waals surface area contributed by atoms with Crippen LogP contribution in [0.15, 0.2) is 73.1 Å². The van der Waals surface area contributed by atoms with E-state index in [0.717, 1.165) is 33.5 Å². The molecular formula is C20H19N3. The number of fused-ring (bicyclic) bond motifs is 1. The van der Waals surface area contributed by atoms with Gasteiger partial charge in [-0.2, -0.15) is 0 Å². The number of benzene rings is 1. The predicted octanol–water partition coefficient (Wildman–Crippen LogP) is 5.32. The van der Waals surface area contributed by atoms with E-state index in [9.17, 15) is 0 Å². The van der Waals surface area contributed by atoms with Crippen molar-refractivity contribution in [1.82, 2.24) is 15.0 Å². The van der Waals surface area contributed by atoms with Crippen molar-refractivity contribution in [3.63, 3.8) is 0 Å². The van der Waals surface area contributed by atoms with Crippen molar-refractivity contribution < 1.29 is 0 Å². The van der Waals surface area contributed by atoms with Gasteiger partial charge in [0.2, 0.25) is 0 Å². The molecule has 0 spiro atoms. The number of rotatable bonds is 2. The van der Waals surface area contributed by atoms with Gasteiger partial charge in [0.25, 0.3) is 0 Å². The average molecular weight is 301 g/mol. The van der Waals surface area contributed by atoms with Crippen molar-refractivity contribution in [3.8, 4) is 22.5 Å². The summed E-state index contributed by atoms with van der Waals surface area (Å²) in [6.45, 7) is 4.00. The fourth-order valence-electron chi connectivity index (χ4n) is 2.46. The molecule has 0 aliphatic heterocycles. The van der Waals surface area contributed by atoms with Crippen LogP contribution in [0.2, 0.25) is 0 Å². The summed E-state index contributed by atoms with van der Waals surface area (Å²) in [4.78, 5) is 12.2. The summed E-state index contributed by atoms with van der Waals surface area (Å²) < 4.78 is 0. The van der Waals surface area contributed by atoms with E-state index in [0.29, 0.717) is 0 Å². The second kappa shape index (κ2) is 6.88. The molecule has 4 rings (SSSR count). The number of aromatic nitrogens is 3. The lowest BCUT2D eigenvalue weighted by Crippen LogP contribution is -1.84. The number of hydrogen-bond donors (Lipinski definition) is 1. The zero-order chi connectivity index (χ0) is 16.1. The fraction of sp³-hybridized carbons (Fsp3) is 0.100. The summed E-state index contributed by atoms with van der Waals surface area (Å²) in [5, 5.41) is 1.09. The third-order valence-electron chi connectivity index (χ3n) is 3.52. The Morgan fingerprint density at radius 2 is 1.57 bits per heavy atom. The average Bonchev–Trinajstić information content (AvgIpc) is 3.08. The van der Waals surface area contributed by atoms with Crippen LogP contribution >= 0.6 is 0 Å². The molecule has 0 fully saturated rings. The maximum Gasteiger partial charge on any atom is 0.137 e. The van der Waals surface area contributed by atoms with E-state index in [4.69, 9.17) is 0 Å². The lowest BCUT2D eigenvalue weighted by molar-refractivity contribution is 1.29. The number of nitrogens with zero attached hydrogens (tertiary/aromatic N) is 2. The smallest absolute Gasteiger partial charge is 0.137 e. The van der Waals surface area contributed by atoms with E-state index >= 15 is 0 Å². The maximum atomic E-state index is 4.51. The molecule has 0 saturated carbocycles. The van der Waals surface area contributed by atoms with Crippen LogP contribution in [-0.4, -0.2) is 15.0 Å². The van der Waals surface area contributed by atoms with Gasteiger partial charge in [-0.15, -0.1) is 0 Å². The van der Waals surface area contributed by atoms with Gasteiger partial charge < -0.3 is 4.98 Å². The first-order chi connectivity index (χ1) is 11.4. The minimum Gasteiger partial charge on any atom is -0.339 e. The molecule has 1 N–H and O–H groups in total. The van der Waals surface area contributed by atoms with Gasteiger partial charge in [-0.1, -0.05) is 50.2 Å². The summed E-state index contributed by atoms with van der Waals surface area (Å²) in [6, 6.07) is 20.4. The van der Waals surface area contributed by atoms with Crippen LogP contribution in [0.4, 0.5) is 0 Å². The molecule has 1 aromatic carbocycles. The molecule has 0 saturated heterocycles. The molecule has 0 aliphatic rings. The second-order valence-corrected chi connectivity index (χ2v) is 4.93. The highest BCUT2D eigenvalue weighted by Crippen LogP contribution is 2.26. The normalized spacial score (nSPS) is 10.2. The van der Waals surface area contributed by atoms with Crippen molar-refractivity contribution in [2.24, 2.45) is 0 Å². The van der Waals surface area contributed by atoms with E-state index in [-0.39, 0.29) is 0 Å². The molecule has 4 aromatic rings. The Morgan fingerprint density at radius 3 is 2.30 bits per heavy atom. The van der Waals surface area contributed by atoms with Crippen molar-refractivity contribution in [2.45, 2.75) is 13.8 Å². The SMILES string of the molecule is CC.c1ccc(-c2cc3cc(-c4ccccn4)cnc3[nH]2)cc1. The third-order valence-corrected chi connectivity index (χ3v) is 3.52. The van der Waals surface area contributed by atoms with Gasteiger partial charge >= 0.3 is 0 Å². The van der Waals surface area contributed by atoms with Crippen LogP contribution < -0.4 is 0 Å². The van der Waals surface area contributed by atoms with Gasteiger partial charge in [-0.3, -0.25) is 4.98 Å². The Bertz CT molecular complexity index is 843. The molecule has 0 amide bonds. The Morgan fingerprint density at radius 1 is 0.783 bits per heavy atom. The van der Waals surface area contributed by atoms with E-state index in [2.05, 4.69) is 39.2 Å². The first kappa shape index (κ1) is 15.0. The van der Waals surface area contributed by atoms with E-state index < -0.39 is 0 Å². The molecule has 3 heteroatoms. The molecule has 3 heterocycles. The third kappa shape index (κ3) is 3.14. The van der Waals surface area contributed by atoms with Gasteiger partial charge in [-0.25, -0.2) is 4.98 Å². The van der Waals surface area contributed by atoms with Crippen LogP contribution in [0.1, 0.15) is 13.8 Å². The molecule has 114 valence electrons. The summed E-state index contributed by atoms with van der Waals surface area (Å²) in [7, 11) is 0. The summed E-state index contributed by atoms with van der Waals surface area (Å²) in [6.07, 6.45) is 3.65. The van der Waals surface area contributed by atoms with Gasteiger partial charge in [0.1, 0.15) is 5.65 Å². The lowest BCUT2D eigenvalue weighted by Gasteiger charge is -1.99. The molecule has 0 bridgehead atoms. The standard InChI is InChI=1S/C18H13N3.C2H6/c1-2-6-13(7-3-1)17-11-14-10-15(12-20-18(14)21-17)16-8-4-5-9-19-16;1-2/h1-12H,(H,20,21);1-2H3. The summed E-state index contributed by atoms with van der Waals surface area (Å²) in [5.41, 5.74) is 5.11. The summed E-state index contributed by atoms with van der Waals surface area (Å²) >= 11 is 0. The molecule has 23 heavy (non-hydrogen) atoms. The van der Waals surface area contributed by atoms with Gasteiger partial charge in [0.05, 0.1) is 5.69 Å². The van der Waals surface area contributed by atoms with Crippen LogP contribution in [0, 0.1) is 0 Å². The molecular weight excluding hydrogens is 282 g/mol. The number of aromatic amines is 1. The van der Waals surface area contributed by atoms with Crippen LogP contribution in [-0.2, 0) is 0 Å². The van der Waals surface area contributed by atoms with E-state index in [1.165, 1.54) is 0 Å². The van der Waals surface area contributed by atoms with Gasteiger partial charge in [0.15, 0.2) is 0 Å². The quantitative estimate of drug-likeness (QED) is 0.544. The topological polar surface area (TPSA) is 41.6 Å². The monoisotopic (exact) mass is 301 g/mol. The Kier molecular flexibility index (Phi) is 4.48. The Hall–Kier alpha value is -2.94. The first-order valence-corrected chi connectivity index (χ1v) is 7.86. The van der Waals surface area contributed by atoms with Crippen molar-refractivity contribution in [1.29, 1.82) is 0 Å². The number of hydrogen-bond acceptors (Lipinski definition) is 2. The van der Waals surface area contributed by atoms with Crippen molar-refractivity contribution >= 4 is 11.0 Å². The fourth-order valence-corrected chi connectivity index (χ4v) is 2.46. The van der Waals surface area contributed by atoms with Crippen LogP contribution in [0.25, 0.3) is 33.5 Å². The second-order valence-electron chi connectivity index (χ2n) is 4.93. The predicted molar refractivity (Wildman–Crippen MR) is 96.1 cm³/mol. The van der Waals surface area contributed by atoms with Crippen molar-refractivity contribution in [3.05, 3.63) is 73.1 Å². The minimum absolute atomic E-state index is 0.897. The zero-order valence-corrected chi connectivity index (χ0v) is 13.3. The molecule has 0 aliphatic carbocycles. The van der Waals surface area contributed by atoms with Gasteiger partial charge in [0, 0.05) is 29.0 Å². The number of nitrogens with one attached hydrogen (secondary N) is 1. The van der Waals surface area contributed by atoms with E-state index in [1.54, 1.807) is 6.20 Å². The van der Waals surface area contributed by atoms with Crippen LogP contribution in [0.3, 0.4) is 0 Å². The highest BCUT2D eigenvalue weighted by molar-refractivity contribution is 5.86. The van der Waals surface area contributed by atoms with Crippen molar-refractivity contribution in [2.75, 3.05) is 0 Å². The van der Waals surface area contributed by atoms with Gasteiger partial charge in [-0.05, 0) is 29.8 Å². The number of pyridine rings is 2. The minimum atomic E-state index is 0.897. The highest BCUT2D eigenvalue weighted by Gasteiger charge is 2.06. The summed E-state index contributed by atoms with van der Waals surface area (Å²) in [5.74, 6) is 0. The first-order valence-electron chi connectivity index (χ1n) is 7.86. The maximum absolute atomic E-state index is 4.51. The zero-order valence-electron chi connectivity index (χ0n) is 13.3. The van der Waals surface area contributed by atoms with Crippen LogP contribution in [0.5, 0.6) is 0 Å².